The topological polar surface area (TPSA) is 105 Å². The van der Waals surface area contributed by atoms with E-state index in [-0.39, 0.29) is 16.5 Å². The van der Waals surface area contributed by atoms with Gasteiger partial charge in [-0.3, -0.25) is 10.4 Å². The van der Waals surface area contributed by atoms with Crippen molar-refractivity contribution in [2.45, 2.75) is 6.92 Å². The summed E-state index contributed by atoms with van der Waals surface area (Å²) in [6, 6.07) is 11.5. The number of hydrogen-bond acceptors (Lipinski definition) is 7. The first-order chi connectivity index (χ1) is 13.6. The number of thiazole rings is 1. The monoisotopic (exact) mass is 390 g/mol. The van der Waals surface area contributed by atoms with E-state index in [0.717, 1.165) is 33.9 Å². The molecule has 3 aromatic heterocycles. The van der Waals surface area contributed by atoms with Crippen molar-refractivity contribution in [3.63, 3.8) is 0 Å². The van der Waals surface area contributed by atoms with Crippen LogP contribution in [0.2, 0.25) is 0 Å². The highest BCUT2D eigenvalue weighted by molar-refractivity contribution is 7.10. The van der Waals surface area contributed by atoms with Crippen LogP contribution in [-0.2, 0) is 0 Å². The van der Waals surface area contributed by atoms with Crippen molar-refractivity contribution in [3.8, 4) is 17.5 Å². The van der Waals surface area contributed by atoms with Crippen molar-refractivity contribution in [2.24, 2.45) is 4.99 Å². The fourth-order valence-electron chi connectivity index (χ4n) is 3.20. The van der Waals surface area contributed by atoms with Gasteiger partial charge in [0.1, 0.15) is 0 Å². The van der Waals surface area contributed by atoms with E-state index in [0.29, 0.717) is 10.7 Å². The molecule has 138 valence electrons. The number of hydrogen-bond donors (Lipinski definition) is 2. The van der Waals surface area contributed by atoms with Crippen LogP contribution in [0.25, 0.3) is 23.3 Å². The minimum Gasteiger partial charge on any atom is -0.493 e. The van der Waals surface area contributed by atoms with Gasteiger partial charge in [-0.15, -0.1) is 0 Å². The summed E-state index contributed by atoms with van der Waals surface area (Å²) >= 11 is 1.14. The van der Waals surface area contributed by atoms with E-state index in [1.54, 1.807) is 17.0 Å². The standard InChI is InChI=1S/C19H14N6O2S/c1-11-13(12-6-2-3-7-14(12)21-11)10-15-18(26)25(19(20)28-15)17-16(22-27-23-17)24-8-4-5-9-24/h2-10,20,26H,1H3. The van der Waals surface area contributed by atoms with E-state index in [1.165, 1.54) is 4.57 Å². The molecule has 1 aliphatic heterocycles. The highest BCUT2D eigenvalue weighted by Gasteiger charge is 2.23. The highest BCUT2D eigenvalue weighted by Crippen LogP contribution is 2.37. The Morgan fingerprint density at radius 1 is 1.11 bits per heavy atom. The largest absolute Gasteiger partial charge is 0.493 e. The molecule has 4 heterocycles. The van der Waals surface area contributed by atoms with E-state index >= 15 is 0 Å². The normalized spacial score (nSPS) is 14.5. The molecule has 28 heavy (non-hydrogen) atoms. The Balaban J connectivity index is 1.64. The number of allylic oxidation sites excluding steroid dienone is 1. The predicted molar refractivity (Wildman–Crippen MR) is 105 cm³/mol. The van der Waals surface area contributed by atoms with Crippen molar-refractivity contribution in [2.75, 3.05) is 0 Å². The van der Waals surface area contributed by atoms with Gasteiger partial charge in [-0.05, 0) is 41.5 Å². The lowest BCUT2D eigenvalue weighted by atomic mass is 10.0. The van der Waals surface area contributed by atoms with Crippen LogP contribution in [0, 0.1) is 5.41 Å². The molecule has 0 unspecified atom stereocenters. The highest BCUT2D eigenvalue weighted by atomic mass is 32.1. The minimum atomic E-state index is -0.0937. The Morgan fingerprint density at radius 3 is 2.68 bits per heavy atom. The smallest absolute Gasteiger partial charge is 0.231 e. The molecule has 0 aliphatic carbocycles. The summed E-state index contributed by atoms with van der Waals surface area (Å²) in [7, 11) is 0. The van der Waals surface area contributed by atoms with Crippen LogP contribution >= 0.6 is 11.3 Å². The van der Waals surface area contributed by atoms with Crippen molar-refractivity contribution in [3.05, 3.63) is 64.0 Å². The summed E-state index contributed by atoms with van der Waals surface area (Å²) in [6.07, 6.45) is 5.42. The third-order valence-corrected chi connectivity index (χ3v) is 5.40. The number of nitrogens with one attached hydrogen (secondary N) is 1. The molecular weight excluding hydrogens is 376 g/mol. The third-order valence-electron chi connectivity index (χ3n) is 4.50. The van der Waals surface area contributed by atoms with E-state index < -0.39 is 0 Å². The van der Waals surface area contributed by atoms with E-state index in [9.17, 15) is 5.11 Å². The Bertz CT molecular complexity index is 1310. The van der Waals surface area contributed by atoms with E-state index in [2.05, 4.69) is 15.3 Å². The predicted octanol–water partition coefficient (Wildman–Crippen LogP) is 3.54. The maximum atomic E-state index is 10.8. The van der Waals surface area contributed by atoms with Gasteiger partial charge in [-0.1, -0.05) is 29.5 Å². The van der Waals surface area contributed by atoms with Gasteiger partial charge < -0.3 is 9.67 Å². The number of rotatable bonds is 3. The lowest BCUT2D eigenvalue weighted by molar-refractivity contribution is 0.303. The zero-order chi connectivity index (χ0) is 19.3. The maximum Gasteiger partial charge on any atom is 0.231 e. The van der Waals surface area contributed by atoms with Gasteiger partial charge in [0, 0.05) is 29.2 Å². The summed E-state index contributed by atoms with van der Waals surface area (Å²) in [5.41, 5.74) is 3.69. The van der Waals surface area contributed by atoms with Crippen LogP contribution in [0.4, 0.5) is 5.69 Å². The number of para-hydroxylation sites is 1. The molecule has 0 radical (unpaired) electrons. The summed E-state index contributed by atoms with van der Waals surface area (Å²) < 4.78 is 7.90. The molecular formula is C19H14N6O2S. The zero-order valence-corrected chi connectivity index (χ0v) is 15.5. The summed E-state index contributed by atoms with van der Waals surface area (Å²) in [5, 5.41) is 27.0. The molecule has 9 heteroatoms. The van der Waals surface area contributed by atoms with Crippen LogP contribution in [0.3, 0.4) is 0 Å². The third kappa shape index (κ3) is 2.44. The quantitative estimate of drug-likeness (QED) is 0.558. The Morgan fingerprint density at radius 2 is 1.86 bits per heavy atom. The minimum absolute atomic E-state index is 0.0937. The lowest BCUT2D eigenvalue weighted by Gasteiger charge is -2.03. The molecule has 1 aliphatic rings. The average molecular weight is 390 g/mol. The molecule has 1 aromatic carbocycles. The second-order valence-corrected chi connectivity index (χ2v) is 7.24. The molecule has 0 spiro atoms. The number of aromatic hydroxyl groups is 1. The lowest BCUT2D eigenvalue weighted by Crippen LogP contribution is -2.13. The van der Waals surface area contributed by atoms with Crippen LogP contribution in [0.15, 0.2) is 58.4 Å². The molecule has 0 bridgehead atoms. The molecule has 0 atom stereocenters. The second kappa shape index (κ2) is 6.17. The molecule has 0 fully saturated rings. The number of aliphatic imine (C=N–C) groups is 1. The number of aromatic nitrogens is 4. The van der Waals surface area contributed by atoms with Crippen LogP contribution in [0.1, 0.15) is 17.4 Å². The molecule has 4 aromatic rings. The molecule has 2 N–H and O–H groups in total. The summed E-state index contributed by atoms with van der Waals surface area (Å²) in [5.74, 6) is 0.542. The fraction of sp³-hybridized carbons (Fsp3) is 0.0526. The van der Waals surface area contributed by atoms with Gasteiger partial charge >= 0.3 is 0 Å². The summed E-state index contributed by atoms with van der Waals surface area (Å²) in [4.78, 5) is 5.20. The maximum absolute atomic E-state index is 10.8. The zero-order valence-electron chi connectivity index (χ0n) is 14.7. The first-order valence-corrected chi connectivity index (χ1v) is 9.27. The molecule has 8 nitrogen and oxygen atoms in total. The Labute approximate surface area is 162 Å². The average Bonchev–Trinajstić information content (AvgIpc) is 3.44. The van der Waals surface area contributed by atoms with Gasteiger partial charge in [-0.2, -0.15) is 0 Å². The molecule has 0 saturated heterocycles. The van der Waals surface area contributed by atoms with Crippen molar-refractivity contribution in [1.29, 1.82) is 5.41 Å². The van der Waals surface area contributed by atoms with Crippen molar-refractivity contribution < 1.29 is 9.74 Å². The Hall–Kier alpha value is -3.72. The van der Waals surface area contributed by atoms with E-state index in [4.69, 9.17) is 10.0 Å². The number of nitrogens with zero attached hydrogens (tertiary/aromatic N) is 5. The number of fused-ring (bicyclic) bond motifs is 1. The van der Waals surface area contributed by atoms with Crippen molar-refractivity contribution >= 4 is 34.4 Å². The van der Waals surface area contributed by atoms with Gasteiger partial charge in [0.25, 0.3) is 0 Å². The Kier molecular flexibility index (Phi) is 3.63. The van der Waals surface area contributed by atoms with E-state index in [1.807, 2.05) is 49.4 Å². The summed E-state index contributed by atoms with van der Waals surface area (Å²) in [6.45, 7) is 1.93. The SMILES string of the molecule is CC1=Nc2ccccc2C1=Cc1sc(=N)n(-c2nonc2-n2cccc2)c1O. The molecule has 5 rings (SSSR count). The van der Waals surface area contributed by atoms with Crippen LogP contribution < -0.4 is 4.80 Å². The first-order valence-electron chi connectivity index (χ1n) is 8.46. The van der Waals surface area contributed by atoms with Crippen molar-refractivity contribution in [1.82, 2.24) is 19.4 Å². The van der Waals surface area contributed by atoms with Crippen LogP contribution in [0.5, 0.6) is 5.88 Å². The molecule has 0 amide bonds. The van der Waals surface area contributed by atoms with Gasteiger partial charge in [-0.25, -0.2) is 9.20 Å². The fourth-order valence-corrected chi connectivity index (χ4v) is 4.03. The first kappa shape index (κ1) is 16.5. The van der Waals surface area contributed by atoms with Gasteiger partial charge in [0.2, 0.25) is 17.5 Å². The molecule has 0 saturated carbocycles. The number of benzene rings is 1. The van der Waals surface area contributed by atoms with Gasteiger partial charge in [0.15, 0.2) is 4.80 Å². The second-order valence-electron chi connectivity index (χ2n) is 6.20. The van der Waals surface area contributed by atoms with Crippen LogP contribution in [-0.4, -0.2) is 30.3 Å². The van der Waals surface area contributed by atoms with Gasteiger partial charge in [0.05, 0.1) is 10.6 Å².